The van der Waals surface area contributed by atoms with Gasteiger partial charge in [0, 0.05) is 0 Å². The zero-order valence-electron chi connectivity index (χ0n) is 11.5. The van der Waals surface area contributed by atoms with Gasteiger partial charge in [-0.25, -0.2) is 0 Å². The molecule has 2 unspecified atom stereocenters. The van der Waals surface area contributed by atoms with Crippen LogP contribution in [0, 0.1) is 5.92 Å². The molecule has 1 heterocycles. The lowest BCUT2D eigenvalue weighted by Gasteiger charge is -2.32. The molecule has 1 aliphatic carbocycles. The Bertz CT molecular complexity index is 290. The summed E-state index contributed by atoms with van der Waals surface area (Å²) in [5.41, 5.74) is 5.56. The fraction of sp³-hybridized carbons (Fsp3) is 0.929. The van der Waals surface area contributed by atoms with Crippen molar-refractivity contribution < 1.29 is 9.53 Å². The van der Waals surface area contributed by atoms with Crippen LogP contribution in [-0.4, -0.2) is 43.2 Å². The van der Waals surface area contributed by atoms with E-state index in [1.807, 2.05) is 0 Å². The first-order chi connectivity index (χ1) is 8.66. The van der Waals surface area contributed by atoms with E-state index in [2.05, 4.69) is 4.90 Å². The van der Waals surface area contributed by atoms with Crippen LogP contribution in [0.25, 0.3) is 0 Å². The van der Waals surface area contributed by atoms with Gasteiger partial charge >= 0.3 is 5.97 Å². The molecule has 1 aliphatic heterocycles. The van der Waals surface area contributed by atoms with Gasteiger partial charge in [-0.15, -0.1) is 0 Å². The van der Waals surface area contributed by atoms with Crippen LogP contribution in [0.4, 0.5) is 0 Å². The summed E-state index contributed by atoms with van der Waals surface area (Å²) < 4.78 is 4.88. The summed E-state index contributed by atoms with van der Waals surface area (Å²) in [5.74, 6) is 0.0792. The van der Waals surface area contributed by atoms with Gasteiger partial charge in [0.1, 0.15) is 5.54 Å². The number of rotatable bonds is 4. The predicted octanol–water partition coefficient (Wildman–Crippen LogP) is 1.53. The lowest BCUT2D eigenvalue weighted by Crippen LogP contribution is -2.52. The summed E-state index contributed by atoms with van der Waals surface area (Å²) in [6, 6.07) is 0. The van der Waals surface area contributed by atoms with Crippen molar-refractivity contribution in [3.05, 3.63) is 0 Å². The number of piperidine rings is 1. The van der Waals surface area contributed by atoms with Crippen molar-refractivity contribution >= 4 is 5.97 Å². The van der Waals surface area contributed by atoms with E-state index in [0.29, 0.717) is 5.92 Å². The Morgan fingerprint density at radius 3 is 2.72 bits per heavy atom. The molecule has 4 heteroatoms. The Labute approximate surface area is 110 Å². The van der Waals surface area contributed by atoms with Crippen LogP contribution >= 0.6 is 0 Å². The van der Waals surface area contributed by atoms with E-state index in [0.717, 1.165) is 32.2 Å². The molecule has 0 aromatic carbocycles. The molecule has 2 atom stereocenters. The fourth-order valence-corrected chi connectivity index (χ4v) is 3.48. The van der Waals surface area contributed by atoms with E-state index in [4.69, 9.17) is 10.5 Å². The van der Waals surface area contributed by atoms with Gasteiger partial charge in [-0.2, -0.15) is 0 Å². The van der Waals surface area contributed by atoms with E-state index in [1.165, 1.54) is 39.5 Å². The van der Waals surface area contributed by atoms with Crippen molar-refractivity contribution in [1.29, 1.82) is 0 Å². The predicted molar refractivity (Wildman–Crippen MR) is 71.2 cm³/mol. The molecular formula is C14H26N2O2. The van der Waals surface area contributed by atoms with Gasteiger partial charge in [-0.3, -0.25) is 4.79 Å². The van der Waals surface area contributed by atoms with Crippen LogP contribution in [0.3, 0.4) is 0 Å². The first-order valence-electron chi connectivity index (χ1n) is 7.26. The van der Waals surface area contributed by atoms with Crippen molar-refractivity contribution in [2.45, 2.75) is 50.5 Å². The smallest absolute Gasteiger partial charge is 0.326 e. The third-order valence-corrected chi connectivity index (χ3v) is 4.68. The van der Waals surface area contributed by atoms with Crippen LogP contribution < -0.4 is 5.73 Å². The van der Waals surface area contributed by atoms with Gasteiger partial charge in [0.25, 0.3) is 0 Å². The first kappa shape index (κ1) is 13.8. The normalized spacial score (nSPS) is 33.6. The summed E-state index contributed by atoms with van der Waals surface area (Å²) >= 11 is 0. The van der Waals surface area contributed by atoms with E-state index < -0.39 is 5.54 Å². The topological polar surface area (TPSA) is 55.6 Å². The highest BCUT2D eigenvalue weighted by Crippen LogP contribution is 2.37. The fourth-order valence-electron chi connectivity index (χ4n) is 3.48. The number of hydrogen-bond donors (Lipinski definition) is 1. The maximum Gasteiger partial charge on any atom is 0.326 e. The van der Waals surface area contributed by atoms with Gasteiger partial charge in [-0.1, -0.05) is 12.8 Å². The SMILES string of the molecule is COC(=O)C1(N)CCCC1CCN1CCCCC1. The second-order valence-corrected chi connectivity index (χ2v) is 5.81. The minimum atomic E-state index is -0.718. The molecule has 1 saturated heterocycles. The van der Waals surface area contributed by atoms with Crippen molar-refractivity contribution in [3.8, 4) is 0 Å². The quantitative estimate of drug-likeness (QED) is 0.773. The van der Waals surface area contributed by atoms with Crippen molar-refractivity contribution in [3.63, 3.8) is 0 Å². The number of esters is 1. The van der Waals surface area contributed by atoms with Crippen LogP contribution in [0.1, 0.15) is 44.9 Å². The molecule has 2 aliphatic rings. The maximum absolute atomic E-state index is 11.8. The Morgan fingerprint density at radius 1 is 1.33 bits per heavy atom. The highest BCUT2D eigenvalue weighted by molar-refractivity contribution is 5.81. The van der Waals surface area contributed by atoms with Crippen LogP contribution in [0.2, 0.25) is 0 Å². The number of hydrogen-bond acceptors (Lipinski definition) is 4. The molecule has 18 heavy (non-hydrogen) atoms. The Hall–Kier alpha value is -0.610. The summed E-state index contributed by atoms with van der Waals surface area (Å²) in [5, 5.41) is 0. The molecule has 2 fully saturated rings. The molecule has 2 N–H and O–H groups in total. The second-order valence-electron chi connectivity index (χ2n) is 5.81. The summed E-state index contributed by atoms with van der Waals surface area (Å²) in [6.45, 7) is 3.51. The molecule has 0 spiro atoms. The molecule has 4 nitrogen and oxygen atoms in total. The van der Waals surface area contributed by atoms with E-state index in [9.17, 15) is 4.79 Å². The van der Waals surface area contributed by atoms with Gasteiger partial charge in [-0.05, 0) is 57.7 Å². The molecule has 2 rings (SSSR count). The largest absolute Gasteiger partial charge is 0.468 e. The average Bonchev–Trinajstić information content (AvgIpc) is 2.79. The third-order valence-electron chi connectivity index (χ3n) is 4.68. The van der Waals surface area contributed by atoms with E-state index in [1.54, 1.807) is 0 Å². The summed E-state index contributed by atoms with van der Waals surface area (Å²) in [6.07, 6.45) is 7.93. The van der Waals surface area contributed by atoms with Crippen molar-refractivity contribution in [1.82, 2.24) is 4.90 Å². The first-order valence-corrected chi connectivity index (χ1v) is 7.26. The number of carbonyl (C=O) groups is 1. The minimum Gasteiger partial charge on any atom is -0.468 e. The van der Waals surface area contributed by atoms with Crippen LogP contribution in [0.5, 0.6) is 0 Å². The van der Waals surface area contributed by atoms with Crippen molar-refractivity contribution in [2.75, 3.05) is 26.7 Å². The molecule has 0 aromatic heterocycles. The average molecular weight is 254 g/mol. The van der Waals surface area contributed by atoms with Crippen molar-refractivity contribution in [2.24, 2.45) is 11.7 Å². The van der Waals surface area contributed by atoms with Crippen LogP contribution in [0.15, 0.2) is 0 Å². The van der Waals surface area contributed by atoms with E-state index >= 15 is 0 Å². The molecule has 1 saturated carbocycles. The maximum atomic E-state index is 11.8. The monoisotopic (exact) mass is 254 g/mol. The Morgan fingerprint density at radius 2 is 2.06 bits per heavy atom. The Kier molecular flexibility index (Phi) is 4.62. The van der Waals surface area contributed by atoms with Gasteiger partial charge < -0.3 is 15.4 Å². The highest BCUT2D eigenvalue weighted by Gasteiger charge is 2.46. The zero-order chi connectivity index (χ0) is 13.0. The lowest BCUT2D eigenvalue weighted by molar-refractivity contribution is -0.148. The van der Waals surface area contributed by atoms with Crippen LogP contribution in [-0.2, 0) is 9.53 Å². The summed E-state index contributed by atoms with van der Waals surface area (Å²) in [7, 11) is 1.44. The Balaban J connectivity index is 1.85. The molecule has 104 valence electrons. The van der Waals surface area contributed by atoms with Gasteiger partial charge in [0.2, 0.25) is 0 Å². The number of ether oxygens (including phenoxy) is 1. The lowest BCUT2D eigenvalue weighted by atomic mass is 9.85. The van der Waals surface area contributed by atoms with E-state index in [-0.39, 0.29) is 5.97 Å². The second kappa shape index (κ2) is 6.02. The molecule has 0 bridgehead atoms. The number of nitrogens with two attached hydrogens (primary N) is 1. The third kappa shape index (κ3) is 2.86. The standard InChI is InChI=1S/C14H26N2O2/c1-18-13(17)14(15)8-5-6-12(14)7-11-16-9-3-2-4-10-16/h12H,2-11,15H2,1H3. The highest BCUT2D eigenvalue weighted by atomic mass is 16.5. The zero-order valence-corrected chi connectivity index (χ0v) is 11.5. The number of carbonyl (C=O) groups excluding carboxylic acids is 1. The minimum absolute atomic E-state index is 0.219. The molecule has 0 amide bonds. The number of likely N-dealkylation sites (tertiary alicyclic amines) is 1. The molecular weight excluding hydrogens is 228 g/mol. The van der Waals surface area contributed by atoms with Gasteiger partial charge in [0.15, 0.2) is 0 Å². The number of nitrogens with zero attached hydrogens (tertiary/aromatic N) is 1. The molecule has 0 radical (unpaired) electrons. The number of methoxy groups -OCH3 is 1. The molecule has 0 aromatic rings. The van der Waals surface area contributed by atoms with Gasteiger partial charge in [0.05, 0.1) is 7.11 Å². The summed E-state index contributed by atoms with van der Waals surface area (Å²) in [4.78, 5) is 14.3.